The first-order chi connectivity index (χ1) is 3.42. The summed E-state index contributed by atoms with van der Waals surface area (Å²) in [6.45, 7) is 3.73. The van der Waals surface area contributed by atoms with Crippen molar-refractivity contribution in [3.05, 3.63) is 0 Å². The molecule has 0 unspecified atom stereocenters. The number of halogens is 2. The summed E-state index contributed by atoms with van der Waals surface area (Å²) >= 11 is 3.62. The average molecular weight is 360 g/mol. The van der Waals surface area contributed by atoms with E-state index in [1.165, 1.54) is 0 Å². The molecule has 50 valence electrons. The Morgan fingerprint density at radius 1 is 1.50 bits per heavy atom. The van der Waals surface area contributed by atoms with Gasteiger partial charge in [0.2, 0.25) is 0 Å². The van der Waals surface area contributed by atoms with Gasteiger partial charge in [-0.15, -0.1) is 0 Å². The summed E-state index contributed by atoms with van der Waals surface area (Å²) in [6, 6.07) is 0. The van der Waals surface area contributed by atoms with Crippen LogP contribution in [0.4, 0.5) is 0 Å². The summed E-state index contributed by atoms with van der Waals surface area (Å²) in [7, 11) is 0. The summed E-state index contributed by atoms with van der Waals surface area (Å²) in [4.78, 5) is 0. The highest BCUT2D eigenvalue weighted by molar-refractivity contribution is 14.3. The molecule has 0 N–H and O–H groups in total. The van der Waals surface area contributed by atoms with E-state index in [9.17, 15) is 4.57 Å². The van der Waals surface area contributed by atoms with Crippen LogP contribution in [0.1, 0.15) is 13.8 Å². The smallest absolute Gasteiger partial charge is 0.312 e. The van der Waals surface area contributed by atoms with Gasteiger partial charge in [0, 0.05) is 44.1 Å². The van der Waals surface area contributed by atoms with Crippen LogP contribution in [0, 0.1) is 0 Å². The van der Waals surface area contributed by atoms with Gasteiger partial charge < -0.3 is 4.52 Å². The maximum absolute atomic E-state index is 10.8. The second-order valence-corrected chi connectivity index (χ2v) is 15.8. The van der Waals surface area contributed by atoms with Crippen LogP contribution < -0.4 is 0 Å². The Bertz CT molecular complexity index is 108. The fraction of sp³-hybridized carbons (Fsp3) is 1.00. The molecule has 2 nitrogen and oxygen atoms in total. The fourth-order valence-electron chi connectivity index (χ4n) is 0.245. The molecule has 0 aromatic carbocycles. The summed E-state index contributed by atoms with van der Waals surface area (Å²) in [5, 5.41) is 0. The zero-order valence-corrected chi connectivity index (χ0v) is 9.81. The molecule has 0 aliphatic carbocycles. The van der Waals surface area contributed by atoms with Gasteiger partial charge in [0.25, 0.3) is 0 Å². The molecule has 0 rings (SSSR count). The van der Waals surface area contributed by atoms with Crippen LogP contribution in [0.2, 0.25) is 0 Å². The van der Waals surface area contributed by atoms with E-state index in [1.807, 2.05) is 57.9 Å². The average Bonchev–Trinajstić information content (AvgIpc) is 1.21. The van der Waals surface area contributed by atoms with Crippen molar-refractivity contribution in [2.45, 2.75) is 20.0 Å². The van der Waals surface area contributed by atoms with E-state index in [1.54, 1.807) is 0 Å². The molecule has 0 saturated carbocycles. The number of rotatable bonds is 2. The monoisotopic (exact) mass is 360 g/mol. The second kappa shape index (κ2) is 3.73. The van der Waals surface area contributed by atoms with Crippen molar-refractivity contribution in [1.82, 2.24) is 0 Å². The maximum atomic E-state index is 10.8. The zero-order valence-electron chi connectivity index (χ0n) is 4.60. The third-order valence-electron chi connectivity index (χ3n) is 0.334. The molecule has 0 bridgehead atoms. The Morgan fingerprint density at radius 2 is 1.88 bits per heavy atom. The Hall–Kier alpha value is 1.65. The lowest BCUT2D eigenvalue weighted by molar-refractivity contribution is 0.264. The molecule has 0 atom stereocenters. The minimum absolute atomic E-state index is 0.0645. The predicted octanol–water partition coefficient (Wildman–Crippen LogP) is 3.39. The predicted molar refractivity (Wildman–Crippen MR) is 51.9 cm³/mol. The van der Waals surface area contributed by atoms with Crippen LogP contribution in [0.3, 0.4) is 0 Å². The van der Waals surface area contributed by atoms with E-state index in [-0.39, 0.29) is 6.10 Å². The van der Waals surface area contributed by atoms with Gasteiger partial charge in [-0.1, -0.05) is 0 Å². The summed E-state index contributed by atoms with van der Waals surface area (Å²) in [6.07, 6.45) is 0.0645. The van der Waals surface area contributed by atoms with Gasteiger partial charge >= 0.3 is 2.65 Å². The maximum Gasteiger partial charge on any atom is 0.316 e. The first kappa shape index (κ1) is 9.65. The molecular formula is C3H7I2O2P. The molecule has 0 heterocycles. The standard InChI is InChI=1S/C3H7I2O2P/c1-3(2)7-8(4,5)6/h3H,1-2H3. The highest BCUT2D eigenvalue weighted by Crippen LogP contribution is 2.64. The van der Waals surface area contributed by atoms with Gasteiger partial charge in [0.05, 0.1) is 6.10 Å². The molecule has 5 heteroatoms. The number of hydrogen-bond donors (Lipinski definition) is 0. The first-order valence-corrected chi connectivity index (χ1v) is 9.29. The van der Waals surface area contributed by atoms with Gasteiger partial charge in [-0.3, -0.25) is 4.57 Å². The van der Waals surface area contributed by atoms with Crippen LogP contribution in [0.15, 0.2) is 0 Å². The Kier molecular flexibility index (Phi) is 4.50. The molecule has 0 spiro atoms. The van der Waals surface area contributed by atoms with Gasteiger partial charge in [-0.25, -0.2) is 0 Å². The van der Waals surface area contributed by atoms with Gasteiger partial charge in [0.15, 0.2) is 0 Å². The van der Waals surface area contributed by atoms with E-state index in [0.29, 0.717) is 0 Å². The quantitative estimate of drug-likeness (QED) is 0.558. The third kappa shape index (κ3) is 7.65. The summed E-state index contributed by atoms with van der Waals surface area (Å²) in [5.41, 5.74) is 0. The Morgan fingerprint density at radius 3 is 1.88 bits per heavy atom. The Balaban J connectivity index is 3.56. The third-order valence-corrected chi connectivity index (χ3v) is 2.37. The van der Waals surface area contributed by atoms with Crippen molar-refractivity contribution in [2.24, 2.45) is 0 Å². The molecule has 0 aromatic rings. The largest absolute Gasteiger partial charge is 0.316 e. The highest BCUT2D eigenvalue weighted by atomic mass is 127. The molecule has 8 heavy (non-hydrogen) atoms. The summed E-state index contributed by atoms with van der Waals surface area (Å²) < 4.78 is 13.5. The fourth-order valence-corrected chi connectivity index (χ4v) is 3.47. The van der Waals surface area contributed by atoms with E-state index in [2.05, 4.69) is 0 Å². The van der Waals surface area contributed by atoms with E-state index < -0.39 is 2.65 Å². The van der Waals surface area contributed by atoms with E-state index in [4.69, 9.17) is 4.52 Å². The van der Waals surface area contributed by atoms with Crippen molar-refractivity contribution >= 4 is 46.7 Å². The minimum Gasteiger partial charge on any atom is -0.312 e. The van der Waals surface area contributed by atoms with Gasteiger partial charge in [-0.2, -0.15) is 0 Å². The molecular weight excluding hydrogens is 353 g/mol. The normalized spacial score (nSPS) is 12.6. The van der Waals surface area contributed by atoms with Crippen molar-refractivity contribution < 1.29 is 9.09 Å². The minimum atomic E-state index is -2.28. The molecule has 0 radical (unpaired) electrons. The lowest BCUT2D eigenvalue weighted by atomic mass is 10.5. The topological polar surface area (TPSA) is 26.3 Å². The molecule has 0 fully saturated rings. The zero-order chi connectivity index (χ0) is 6.78. The SMILES string of the molecule is CC(C)OP(=O)(I)I. The molecule has 0 amide bonds. The molecule has 0 aromatic heterocycles. The van der Waals surface area contributed by atoms with Crippen molar-refractivity contribution in [3.8, 4) is 0 Å². The van der Waals surface area contributed by atoms with Crippen molar-refractivity contribution in [2.75, 3.05) is 0 Å². The lowest BCUT2D eigenvalue weighted by Gasteiger charge is -2.06. The van der Waals surface area contributed by atoms with Crippen LogP contribution in [-0.2, 0) is 9.09 Å². The van der Waals surface area contributed by atoms with Crippen LogP contribution >= 0.6 is 46.7 Å². The van der Waals surface area contributed by atoms with E-state index in [0.717, 1.165) is 0 Å². The van der Waals surface area contributed by atoms with Gasteiger partial charge in [-0.05, 0) is 13.8 Å². The summed E-state index contributed by atoms with van der Waals surface area (Å²) in [5.74, 6) is 0. The van der Waals surface area contributed by atoms with Crippen LogP contribution in [0.5, 0.6) is 0 Å². The molecule has 0 saturated heterocycles. The molecule has 0 aliphatic heterocycles. The second-order valence-electron chi connectivity index (χ2n) is 1.57. The van der Waals surface area contributed by atoms with Crippen molar-refractivity contribution in [1.29, 1.82) is 0 Å². The highest BCUT2D eigenvalue weighted by Gasteiger charge is 2.13. The number of hydrogen-bond acceptors (Lipinski definition) is 2. The van der Waals surface area contributed by atoms with Gasteiger partial charge in [0.1, 0.15) is 0 Å². The lowest BCUT2D eigenvalue weighted by Crippen LogP contribution is -1.93. The van der Waals surface area contributed by atoms with Crippen LogP contribution in [-0.4, -0.2) is 6.10 Å². The Labute approximate surface area is 75.2 Å². The van der Waals surface area contributed by atoms with Crippen molar-refractivity contribution in [3.63, 3.8) is 0 Å². The molecule has 0 aliphatic rings. The first-order valence-electron chi connectivity index (χ1n) is 2.09. The van der Waals surface area contributed by atoms with Crippen LogP contribution in [0.25, 0.3) is 0 Å². The van der Waals surface area contributed by atoms with E-state index >= 15 is 0 Å².